The third-order valence-corrected chi connectivity index (χ3v) is 7.26. The van der Waals surface area contributed by atoms with Gasteiger partial charge in [-0.1, -0.05) is 13.0 Å². The number of aryl methyl sites for hydroxylation is 2. The monoisotopic (exact) mass is 481 g/mol. The van der Waals surface area contributed by atoms with Crippen LogP contribution in [0.3, 0.4) is 0 Å². The molecule has 1 amide bonds. The molecule has 1 fully saturated rings. The van der Waals surface area contributed by atoms with Gasteiger partial charge < -0.3 is 9.47 Å². The number of amides is 1. The molecule has 1 atom stereocenters. The van der Waals surface area contributed by atoms with Crippen LogP contribution >= 0.6 is 0 Å². The van der Waals surface area contributed by atoms with Gasteiger partial charge in [0.2, 0.25) is 15.9 Å². The number of imidazole rings is 1. The van der Waals surface area contributed by atoms with E-state index in [0.717, 1.165) is 48.6 Å². The Balaban J connectivity index is 1.38. The first-order chi connectivity index (χ1) is 16.4. The molecule has 1 aromatic carbocycles. The number of benzene rings is 1. The number of rotatable bonds is 7. The number of fused-ring (bicyclic) bond motifs is 2. The van der Waals surface area contributed by atoms with E-state index in [4.69, 9.17) is 5.14 Å². The molecule has 2 N–H and O–H groups in total. The summed E-state index contributed by atoms with van der Waals surface area (Å²) in [5.74, 6) is 1.60. The van der Waals surface area contributed by atoms with Gasteiger partial charge in [-0.2, -0.15) is 0 Å². The third-order valence-electron chi connectivity index (χ3n) is 6.35. The number of primary sulfonamides is 1. The summed E-state index contributed by atoms with van der Waals surface area (Å²) >= 11 is 0. The quantitative estimate of drug-likeness (QED) is 0.432. The summed E-state index contributed by atoms with van der Waals surface area (Å²) in [5.41, 5.74) is 2.17. The van der Waals surface area contributed by atoms with Crippen LogP contribution in [0, 0.1) is 0 Å². The van der Waals surface area contributed by atoms with E-state index in [1.165, 1.54) is 12.1 Å². The fourth-order valence-corrected chi connectivity index (χ4v) is 5.32. The second kappa shape index (κ2) is 8.80. The van der Waals surface area contributed by atoms with Crippen LogP contribution in [-0.2, 0) is 27.8 Å². The highest BCUT2D eigenvalue weighted by atomic mass is 32.2. The number of nitrogens with zero attached hydrogens (tertiary/aromatic N) is 6. The minimum absolute atomic E-state index is 0.0317. The molecule has 0 saturated carbocycles. The number of pyridine rings is 1. The van der Waals surface area contributed by atoms with Crippen molar-refractivity contribution in [1.82, 2.24) is 29.0 Å². The Labute approximate surface area is 197 Å². The first kappa shape index (κ1) is 22.5. The zero-order valence-corrected chi connectivity index (χ0v) is 19.8. The molecule has 1 aliphatic heterocycles. The van der Waals surface area contributed by atoms with Crippen molar-refractivity contribution >= 4 is 32.6 Å². The van der Waals surface area contributed by atoms with Gasteiger partial charge in [0.15, 0.2) is 11.5 Å². The summed E-state index contributed by atoms with van der Waals surface area (Å²) in [4.78, 5) is 19.9. The predicted molar refractivity (Wildman–Crippen MR) is 126 cm³/mol. The van der Waals surface area contributed by atoms with Crippen LogP contribution in [0.1, 0.15) is 50.3 Å². The van der Waals surface area contributed by atoms with Crippen LogP contribution in [0.15, 0.2) is 47.5 Å². The molecule has 0 radical (unpaired) electrons. The van der Waals surface area contributed by atoms with Crippen LogP contribution in [0.4, 0.5) is 0 Å². The summed E-state index contributed by atoms with van der Waals surface area (Å²) in [6.45, 7) is 3.48. The molecule has 0 spiro atoms. The number of aromatic nitrogens is 5. The topological polar surface area (TPSA) is 128 Å². The maximum Gasteiger partial charge on any atom is 0.238 e. The standard InChI is InChI=1S/C23H27N7O3S/c1-2-12-28-18-9-8-16(34(24,32)33)15-17(18)25-20(28)10-11-22(31)29-14-5-6-19(29)23-27-26-21-7-3-4-13-30(21)23/h3-4,7-9,13,15,19H,2,5-6,10-12,14H2,1H3,(H2,24,32,33). The maximum atomic E-state index is 13.3. The highest BCUT2D eigenvalue weighted by Crippen LogP contribution is 2.32. The Morgan fingerprint density at radius 2 is 2.06 bits per heavy atom. The highest BCUT2D eigenvalue weighted by molar-refractivity contribution is 7.89. The van der Waals surface area contributed by atoms with Gasteiger partial charge in [-0.05, 0) is 49.6 Å². The first-order valence-corrected chi connectivity index (χ1v) is 13.0. The number of carbonyl (C=O) groups is 1. The Morgan fingerprint density at radius 1 is 1.21 bits per heavy atom. The smallest absolute Gasteiger partial charge is 0.238 e. The van der Waals surface area contributed by atoms with Crippen molar-refractivity contribution in [2.45, 2.75) is 56.5 Å². The Bertz CT molecular complexity index is 1470. The fourth-order valence-electron chi connectivity index (χ4n) is 4.78. The first-order valence-electron chi connectivity index (χ1n) is 11.5. The van der Waals surface area contributed by atoms with Crippen LogP contribution < -0.4 is 5.14 Å². The van der Waals surface area contributed by atoms with Gasteiger partial charge in [-0.25, -0.2) is 18.5 Å². The van der Waals surface area contributed by atoms with Crippen LogP contribution in [-0.4, -0.2) is 49.9 Å². The fraction of sp³-hybridized carbons (Fsp3) is 0.391. The van der Waals surface area contributed by atoms with E-state index in [1.54, 1.807) is 6.07 Å². The Kier molecular flexibility index (Phi) is 5.82. The summed E-state index contributed by atoms with van der Waals surface area (Å²) in [6, 6.07) is 10.4. The highest BCUT2D eigenvalue weighted by Gasteiger charge is 2.33. The molecule has 0 bridgehead atoms. The number of likely N-dealkylation sites (tertiary alicyclic amines) is 1. The van der Waals surface area contributed by atoms with E-state index < -0.39 is 10.0 Å². The molecular formula is C23H27N7O3S. The normalized spacial score (nSPS) is 16.6. The molecule has 11 heteroatoms. The lowest BCUT2D eigenvalue weighted by molar-refractivity contribution is -0.132. The second-order valence-corrected chi connectivity index (χ2v) is 10.2. The van der Waals surface area contributed by atoms with Gasteiger partial charge in [-0.15, -0.1) is 10.2 Å². The number of hydrogen-bond acceptors (Lipinski definition) is 6. The maximum absolute atomic E-state index is 13.3. The van der Waals surface area contributed by atoms with E-state index in [0.29, 0.717) is 24.9 Å². The zero-order valence-electron chi connectivity index (χ0n) is 19.0. The van der Waals surface area contributed by atoms with Crippen LogP contribution in [0.25, 0.3) is 16.7 Å². The minimum Gasteiger partial charge on any atom is -0.332 e. The van der Waals surface area contributed by atoms with Crippen molar-refractivity contribution in [3.05, 3.63) is 54.2 Å². The van der Waals surface area contributed by atoms with E-state index >= 15 is 0 Å². The second-order valence-electron chi connectivity index (χ2n) is 8.61. The van der Waals surface area contributed by atoms with Gasteiger partial charge in [0, 0.05) is 32.1 Å². The van der Waals surface area contributed by atoms with E-state index in [2.05, 4.69) is 26.7 Å². The average Bonchev–Trinajstić information content (AvgIpc) is 3.53. The van der Waals surface area contributed by atoms with Gasteiger partial charge in [-0.3, -0.25) is 9.20 Å². The van der Waals surface area contributed by atoms with Crippen molar-refractivity contribution in [1.29, 1.82) is 0 Å². The number of nitrogens with two attached hydrogens (primary N) is 1. The average molecular weight is 482 g/mol. The molecule has 178 valence electrons. The van der Waals surface area contributed by atoms with Crippen LogP contribution in [0.2, 0.25) is 0 Å². The molecule has 1 aliphatic rings. The van der Waals surface area contributed by atoms with Crippen molar-refractivity contribution in [2.75, 3.05) is 6.54 Å². The van der Waals surface area contributed by atoms with E-state index in [9.17, 15) is 13.2 Å². The van der Waals surface area contributed by atoms with E-state index in [1.807, 2.05) is 33.7 Å². The molecule has 34 heavy (non-hydrogen) atoms. The summed E-state index contributed by atoms with van der Waals surface area (Å²) in [7, 11) is -3.81. The summed E-state index contributed by atoms with van der Waals surface area (Å²) < 4.78 is 27.5. The Hall–Kier alpha value is -3.31. The SMILES string of the molecule is CCCn1c(CCC(=O)N2CCCC2c2nnc3ccccn23)nc2cc(S(N)(=O)=O)ccc21. The lowest BCUT2D eigenvalue weighted by Crippen LogP contribution is -2.32. The number of carbonyl (C=O) groups excluding carboxylic acids is 1. The molecule has 1 saturated heterocycles. The van der Waals surface area contributed by atoms with Gasteiger partial charge in [0.1, 0.15) is 5.82 Å². The lowest BCUT2D eigenvalue weighted by atomic mass is 10.2. The lowest BCUT2D eigenvalue weighted by Gasteiger charge is -2.23. The van der Waals surface area contributed by atoms with Crippen molar-refractivity contribution < 1.29 is 13.2 Å². The third kappa shape index (κ3) is 4.05. The number of hydrogen-bond donors (Lipinski definition) is 1. The van der Waals surface area contributed by atoms with Gasteiger partial charge in [0.25, 0.3) is 0 Å². The van der Waals surface area contributed by atoms with Crippen LogP contribution in [0.5, 0.6) is 0 Å². The van der Waals surface area contributed by atoms with Crippen molar-refractivity contribution in [3.63, 3.8) is 0 Å². The van der Waals surface area contributed by atoms with E-state index in [-0.39, 0.29) is 16.8 Å². The molecule has 1 unspecified atom stereocenters. The molecule has 10 nitrogen and oxygen atoms in total. The largest absolute Gasteiger partial charge is 0.332 e. The minimum atomic E-state index is -3.81. The van der Waals surface area contributed by atoms with Gasteiger partial charge >= 0.3 is 0 Å². The summed E-state index contributed by atoms with van der Waals surface area (Å²) in [5, 5.41) is 13.9. The van der Waals surface area contributed by atoms with Crippen molar-refractivity contribution in [2.24, 2.45) is 5.14 Å². The molecule has 0 aliphatic carbocycles. The molecule has 5 rings (SSSR count). The molecule has 3 aromatic heterocycles. The zero-order chi connectivity index (χ0) is 23.9. The van der Waals surface area contributed by atoms with Gasteiger partial charge in [0.05, 0.1) is 22.0 Å². The number of sulfonamides is 1. The Morgan fingerprint density at radius 3 is 2.85 bits per heavy atom. The summed E-state index contributed by atoms with van der Waals surface area (Å²) in [6.07, 6.45) is 5.35. The predicted octanol–water partition coefficient (Wildman–Crippen LogP) is 2.43. The molecule has 4 heterocycles. The van der Waals surface area contributed by atoms with Crippen molar-refractivity contribution in [3.8, 4) is 0 Å². The molecular weight excluding hydrogens is 454 g/mol. The molecule has 4 aromatic rings.